The van der Waals surface area contributed by atoms with Gasteiger partial charge in [0.2, 0.25) is 5.88 Å². The van der Waals surface area contributed by atoms with Crippen LogP contribution in [0.4, 0.5) is 5.82 Å². The maximum absolute atomic E-state index is 13.6. The van der Waals surface area contributed by atoms with Gasteiger partial charge in [-0.2, -0.15) is 0 Å². The number of thioether (sulfide) groups is 1. The van der Waals surface area contributed by atoms with Crippen molar-refractivity contribution in [3.05, 3.63) is 52.6 Å². The molecule has 0 aromatic carbocycles. The standard InChI is InChI=1S/C26H28N8O2S/c1-3-37-18-10-9-16(27-12-18)11-28-23-26(35)34(17-5-4-6-17)24-19(32-23)13-29-22(33-24)20-21(15-7-8-15)30-14-31-25(20)36-2/h9-10,12-15,17H,3-8,11H2,1-2H3,(H,28,32). The van der Waals surface area contributed by atoms with Gasteiger partial charge >= 0.3 is 0 Å². The van der Waals surface area contributed by atoms with Crippen molar-refractivity contribution in [1.29, 1.82) is 0 Å². The number of methoxy groups -OCH3 is 1. The van der Waals surface area contributed by atoms with Crippen LogP contribution in [0.3, 0.4) is 0 Å². The Morgan fingerprint density at radius 2 is 1.95 bits per heavy atom. The first-order valence-corrected chi connectivity index (χ1v) is 13.6. The summed E-state index contributed by atoms with van der Waals surface area (Å²) in [5, 5.41) is 3.20. The van der Waals surface area contributed by atoms with E-state index in [4.69, 9.17) is 9.72 Å². The molecule has 0 unspecified atom stereocenters. The maximum atomic E-state index is 13.6. The molecule has 2 aliphatic rings. The third-order valence-electron chi connectivity index (χ3n) is 6.84. The lowest BCUT2D eigenvalue weighted by Gasteiger charge is -2.28. The van der Waals surface area contributed by atoms with Crippen LogP contribution < -0.4 is 15.6 Å². The molecule has 10 nitrogen and oxygen atoms in total. The van der Waals surface area contributed by atoms with E-state index in [1.807, 2.05) is 18.3 Å². The van der Waals surface area contributed by atoms with Gasteiger partial charge in [0.15, 0.2) is 17.3 Å². The minimum atomic E-state index is -0.182. The molecule has 6 rings (SSSR count). The highest BCUT2D eigenvalue weighted by molar-refractivity contribution is 7.99. The molecule has 11 heteroatoms. The third kappa shape index (κ3) is 4.63. The zero-order valence-corrected chi connectivity index (χ0v) is 21.7. The molecule has 4 aromatic rings. The summed E-state index contributed by atoms with van der Waals surface area (Å²) >= 11 is 1.75. The zero-order chi connectivity index (χ0) is 25.4. The van der Waals surface area contributed by atoms with Gasteiger partial charge in [-0.1, -0.05) is 6.92 Å². The van der Waals surface area contributed by atoms with Gasteiger partial charge in [-0.15, -0.1) is 11.8 Å². The molecule has 2 aliphatic carbocycles. The highest BCUT2D eigenvalue weighted by atomic mass is 32.2. The Morgan fingerprint density at radius 1 is 1.08 bits per heavy atom. The summed E-state index contributed by atoms with van der Waals surface area (Å²) in [6.07, 6.45) is 10.1. The number of nitrogens with zero attached hydrogens (tertiary/aromatic N) is 7. The fourth-order valence-corrected chi connectivity index (χ4v) is 5.20. The molecular formula is C26H28N8O2S. The molecule has 0 radical (unpaired) electrons. The molecule has 4 aromatic heterocycles. The fourth-order valence-electron chi connectivity index (χ4n) is 4.58. The molecule has 0 amide bonds. The SMILES string of the molecule is CCSc1ccc(CNc2nc3cnc(-c4c(OC)ncnc4C4CC4)nc3n(C3CCC3)c2=O)nc1. The molecule has 0 bridgehead atoms. The van der Waals surface area contributed by atoms with Crippen molar-refractivity contribution >= 4 is 28.7 Å². The molecule has 37 heavy (non-hydrogen) atoms. The number of ether oxygens (including phenoxy) is 1. The first-order chi connectivity index (χ1) is 18.2. The second-order valence-corrected chi connectivity index (χ2v) is 10.6. The summed E-state index contributed by atoms with van der Waals surface area (Å²) in [4.78, 5) is 42.2. The lowest BCUT2D eigenvalue weighted by atomic mass is 9.93. The second kappa shape index (κ2) is 10.0. The van der Waals surface area contributed by atoms with Crippen LogP contribution >= 0.6 is 11.8 Å². The number of fused-ring (bicyclic) bond motifs is 1. The average Bonchev–Trinajstić information content (AvgIpc) is 3.74. The summed E-state index contributed by atoms with van der Waals surface area (Å²) in [6, 6.07) is 4.10. The largest absolute Gasteiger partial charge is 0.480 e. The molecule has 1 N–H and O–H groups in total. The van der Waals surface area contributed by atoms with E-state index in [0.717, 1.165) is 54.1 Å². The van der Waals surface area contributed by atoms with Gasteiger partial charge in [0, 0.05) is 23.1 Å². The molecule has 0 saturated heterocycles. The number of nitrogens with one attached hydrogen (secondary N) is 1. The van der Waals surface area contributed by atoms with Crippen molar-refractivity contribution in [2.75, 3.05) is 18.2 Å². The van der Waals surface area contributed by atoms with Gasteiger partial charge in [0.05, 0.1) is 31.2 Å². The first kappa shape index (κ1) is 23.8. The van der Waals surface area contributed by atoms with E-state index in [2.05, 4.69) is 37.2 Å². The summed E-state index contributed by atoms with van der Waals surface area (Å²) in [7, 11) is 1.58. The molecular weight excluding hydrogens is 488 g/mol. The minimum absolute atomic E-state index is 0.0848. The normalized spacial score (nSPS) is 15.5. The van der Waals surface area contributed by atoms with E-state index < -0.39 is 0 Å². The number of hydrogen-bond acceptors (Lipinski definition) is 10. The predicted octanol–water partition coefficient (Wildman–Crippen LogP) is 4.37. The zero-order valence-electron chi connectivity index (χ0n) is 20.8. The van der Waals surface area contributed by atoms with Gasteiger partial charge in [-0.25, -0.2) is 24.9 Å². The first-order valence-electron chi connectivity index (χ1n) is 12.7. The Kier molecular flexibility index (Phi) is 6.45. The highest BCUT2D eigenvalue weighted by Crippen LogP contribution is 2.45. The monoisotopic (exact) mass is 516 g/mol. The molecule has 0 atom stereocenters. The van der Waals surface area contributed by atoms with Gasteiger partial charge in [-0.3, -0.25) is 14.3 Å². The maximum Gasteiger partial charge on any atom is 0.295 e. The van der Waals surface area contributed by atoms with Crippen LogP contribution in [0.15, 0.2) is 40.5 Å². The fraction of sp³-hybridized carbons (Fsp3) is 0.423. The Bertz CT molecular complexity index is 1500. The van der Waals surface area contributed by atoms with E-state index in [0.29, 0.717) is 40.9 Å². The van der Waals surface area contributed by atoms with Crippen LogP contribution in [0.2, 0.25) is 0 Å². The van der Waals surface area contributed by atoms with E-state index in [1.165, 1.54) is 6.33 Å². The Balaban J connectivity index is 1.39. The van der Waals surface area contributed by atoms with Gasteiger partial charge in [0.1, 0.15) is 17.4 Å². The van der Waals surface area contributed by atoms with Crippen molar-refractivity contribution in [2.45, 2.75) is 62.4 Å². The predicted molar refractivity (Wildman–Crippen MR) is 142 cm³/mol. The van der Waals surface area contributed by atoms with Crippen LogP contribution in [-0.4, -0.2) is 47.3 Å². The van der Waals surface area contributed by atoms with E-state index >= 15 is 0 Å². The van der Waals surface area contributed by atoms with Crippen molar-refractivity contribution in [2.24, 2.45) is 0 Å². The quantitative estimate of drug-likeness (QED) is 0.321. The molecule has 2 saturated carbocycles. The Labute approximate surface area is 218 Å². The number of rotatable bonds is 9. The van der Waals surface area contributed by atoms with Crippen LogP contribution in [0.1, 0.15) is 62.4 Å². The lowest BCUT2D eigenvalue weighted by Crippen LogP contribution is -2.32. The summed E-state index contributed by atoms with van der Waals surface area (Å²) < 4.78 is 7.32. The van der Waals surface area contributed by atoms with Crippen molar-refractivity contribution in [3.8, 4) is 17.3 Å². The second-order valence-electron chi connectivity index (χ2n) is 9.31. The lowest BCUT2D eigenvalue weighted by molar-refractivity contribution is 0.313. The van der Waals surface area contributed by atoms with Crippen LogP contribution in [0.25, 0.3) is 22.6 Å². The molecule has 0 spiro atoms. The molecule has 4 heterocycles. The van der Waals surface area contributed by atoms with Crippen LogP contribution in [0, 0.1) is 0 Å². The van der Waals surface area contributed by atoms with Gasteiger partial charge < -0.3 is 10.1 Å². The number of aromatic nitrogens is 7. The average molecular weight is 517 g/mol. The molecule has 190 valence electrons. The van der Waals surface area contributed by atoms with Crippen LogP contribution in [-0.2, 0) is 6.54 Å². The number of pyridine rings is 1. The van der Waals surface area contributed by atoms with E-state index in [-0.39, 0.29) is 17.4 Å². The minimum Gasteiger partial charge on any atom is -0.480 e. The van der Waals surface area contributed by atoms with Gasteiger partial charge in [-0.05, 0) is 50.0 Å². The smallest absolute Gasteiger partial charge is 0.295 e. The van der Waals surface area contributed by atoms with Crippen molar-refractivity contribution < 1.29 is 4.74 Å². The van der Waals surface area contributed by atoms with Crippen molar-refractivity contribution in [1.82, 2.24) is 34.5 Å². The molecule has 2 fully saturated rings. The number of hydrogen-bond donors (Lipinski definition) is 1. The van der Waals surface area contributed by atoms with Gasteiger partial charge in [0.25, 0.3) is 5.56 Å². The topological polar surface area (TPSA) is 121 Å². The highest BCUT2D eigenvalue weighted by Gasteiger charge is 2.32. The van der Waals surface area contributed by atoms with E-state index in [9.17, 15) is 4.79 Å². The Hall–Kier alpha value is -3.60. The summed E-state index contributed by atoms with van der Waals surface area (Å²) in [6.45, 7) is 2.51. The third-order valence-corrected chi connectivity index (χ3v) is 7.70. The number of anilines is 1. The van der Waals surface area contributed by atoms with E-state index in [1.54, 1.807) is 29.6 Å². The Morgan fingerprint density at radius 3 is 2.62 bits per heavy atom. The van der Waals surface area contributed by atoms with Crippen LogP contribution in [0.5, 0.6) is 5.88 Å². The summed E-state index contributed by atoms with van der Waals surface area (Å²) in [5.41, 5.74) is 3.33. The summed E-state index contributed by atoms with van der Waals surface area (Å²) in [5.74, 6) is 2.53. The molecule has 0 aliphatic heterocycles. The van der Waals surface area contributed by atoms with Crippen molar-refractivity contribution in [3.63, 3.8) is 0 Å².